The number of nitro groups is 1. The molecule has 0 bridgehead atoms. The summed E-state index contributed by atoms with van der Waals surface area (Å²) in [6, 6.07) is 5.15. The molecular weight excluding hydrogens is 340 g/mol. The predicted molar refractivity (Wildman–Crippen MR) is 95.1 cm³/mol. The fourth-order valence-corrected chi connectivity index (χ4v) is 3.03. The zero-order chi connectivity index (χ0) is 19.2. The third-order valence-corrected chi connectivity index (χ3v) is 4.37. The minimum atomic E-state index is -0.504. The Morgan fingerprint density at radius 2 is 1.88 bits per heavy atom. The van der Waals surface area contributed by atoms with E-state index in [1.165, 1.54) is 20.7 Å². The van der Waals surface area contributed by atoms with Crippen LogP contribution in [-0.4, -0.2) is 29.7 Å². The number of fused-ring (bicyclic) bond motifs is 1. The lowest BCUT2D eigenvalue weighted by atomic mass is 10.2. The maximum Gasteiger partial charge on any atom is 0.328 e. The van der Waals surface area contributed by atoms with Crippen molar-refractivity contribution in [3.05, 3.63) is 50.2 Å². The average Bonchev–Trinajstić information content (AvgIpc) is 2.96. The first kappa shape index (κ1) is 17.4. The zero-order valence-corrected chi connectivity index (χ0v) is 14.8. The van der Waals surface area contributed by atoms with E-state index in [-0.39, 0.29) is 29.5 Å². The Morgan fingerprint density at radius 1 is 1.23 bits per heavy atom. The summed E-state index contributed by atoms with van der Waals surface area (Å²) in [5.41, 5.74) is 2.32. The van der Waals surface area contributed by atoms with Crippen molar-refractivity contribution in [2.24, 2.45) is 14.1 Å². The second-order valence-corrected chi connectivity index (χ2v) is 6.09. The number of aryl methyl sites for hydroxylation is 3. The van der Waals surface area contributed by atoms with Crippen molar-refractivity contribution < 1.29 is 9.72 Å². The molecule has 0 aliphatic carbocycles. The molecule has 10 nitrogen and oxygen atoms in total. The minimum absolute atomic E-state index is 0.0847. The summed E-state index contributed by atoms with van der Waals surface area (Å²) in [5, 5.41) is 17.8. The van der Waals surface area contributed by atoms with Gasteiger partial charge in [-0.1, -0.05) is 0 Å². The molecule has 0 aliphatic heterocycles. The summed E-state index contributed by atoms with van der Waals surface area (Å²) in [7, 11) is 3.34. The van der Waals surface area contributed by atoms with Crippen LogP contribution in [0, 0.1) is 24.0 Å². The molecule has 0 atom stereocenters. The maximum atomic E-state index is 12.3. The maximum absolute atomic E-state index is 12.3. The van der Waals surface area contributed by atoms with E-state index >= 15 is 0 Å². The summed E-state index contributed by atoms with van der Waals surface area (Å²) in [6.07, 6.45) is 0. The molecule has 0 radical (unpaired) electrons. The number of hydrogen-bond acceptors (Lipinski definition) is 5. The molecule has 26 heavy (non-hydrogen) atoms. The number of imidazole rings is 1. The van der Waals surface area contributed by atoms with Gasteiger partial charge in [-0.2, -0.15) is 5.10 Å². The number of nitrogens with zero attached hydrogens (tertiary/aromatic N) is 5. The van der Waals surface area contributed by atoms with Crippen molar-refractivity contribution in [2.45, 2.75) is 20.4 Å². The Kier molecular flexibility index (Phi) is 4.10. The van der Waals surface area contributed by atoms with Crippen LogP contribution in [-0.2, 0) is 25.4 Å². The van der Waals surface area contributed by atoms with Crippen LogP contribution in [0.15, 0.2) is 23.0 Å². The van der Waals surface area contributed by atoms with Crippen LogP contribution in [0.2, 0.25) is 0 Å². The van der Waals surface area contributed by atoms with Crippen LogP contribution in [0.4, 0.5) is 11.4 Å². The fourth-order valence-electron chi connectivity index (χ4n) is 3.03. The first-order valence-corrected chi connectivity index (χ1v) is 7.84. The fraction of sp³-hybridized carbons (Fsp3) is 0.312. The molecule has 0 aliphatic rings. The number of aromatic nitrogens is 4. The topological polar surface area (TPSA) is 117 Å². The highest BCUT2D eigenvalue weighted by atomic mass is 16.6. The molecule has 3 aromatic rings. The molecule has 0 saturated carbocycles. The van der Waals surface area contributed by atoms with E-state index in [9.17, 15) is 19.7 Å². The van der Waals surface area contributed by atoms with Crippen molar-refractivity contribution >= 4 is 28.3 Å². The lowest BCUT2D eigenvalue weighted by Gasteiger charge is -2.07. The molecule has 0 unspecified atom stereocenters. The van der Waals surface area contributed by atoms with Gasteiger partial charge in [0.15, 0.2) is 0 Å². The van der Waals surface area contributed by atoms with Gasteiger partial charge in [0, 0.05) is 19.8 Å². The van der Waals surface area contributed by atoms with E-state index in [2.05, 4.69) is 10.4 Å². The Morgan fingerprint density at radius 3 is 2.50 bits per heavy atom. The normalized spacial score (nSPS) is 11.1. The summed E-state index contributed by atoms with van der Waals surface area (Å²) < 4.78 is 4.32. The van der Waals surface area contributed by atoms with Crippen LogP contribution in [0.3, 0.4) is 0 Å². The van der Waals surface area contributed by atoms with E-state index < -0.39 is 4.92 Å². The number of carbonyl (C=O) groups is 1. The molecule has 1 N–H and O–H groups in total. The number of amides is 1. The second-order valence-electron chi connectivity index (χ2n) is 6.09. The molecule has 0 fully saturated rings. The van der Waals surface area contributed by atoms with E-state index in [1.807, 2.05) is 0 Å². The number of nitrogens with one attached hydrogen (secondary N) is 1. The molecule has 136 valence electrons. The number of rotatable bonds is 4. The molecule has 2 heterocycles. The van der Waals surface area contributed by atoms with Crippen LogP contribution in [0.25, 0.3) is 11.0 Å². The number of hydrogen-bond donors (Lipinski definition) is 1. The SMILES string of the molecule is Cc1nn(CC(=O)Nc2ccc3c(c2)n(C)c(=O)n3C)c(C)c1[N+](=O)[O-]. The van der Waals surface area contributed by atoms with E-state index in [1.54, 1.807) is 39.2 Å². The molecule has 0 spiro atoms. The largest absolute Gasteiger partial charge is 0.328 e. The number of carbonyl (C=O) groups excluding carboxylic acids is 1. The molecule has 10 heteroatoms. The van der Waals surface area contributed by atoms with Gasteiger partial charge in [0.2, 0.25) is 5.91 Å². The minimum Gasteiger partial charge on any atom is -0.324 e. The van der Waals surface area contributed by atoms with Gasteiger partial charge in [0.1, 0.15) is 17.9 Å². The van der Waals surface area contributed by atoms with Gasteiger partial charge in [-0.15, -0.1) is 0 Å². The van der Waals surface area contributed by atoms with E-state index in [0.717, 1.165) is 5.52 Å². The highest BCUT2D eigenvalue weighted by Gasteiger charge is 2.22. The first-order chi connectivity index (χ1) is 12.2. The van der Waals surface area contributed by atoms with E-state index in [0.29, 0.717) is 16.9 Å². The van der Waals surface area contributed by atoms with Crippen molar-refractivity contribution in [1.82, 2.24) is 18.9 Å². The Balaban J connectivity index is 1.84. The smallest absolute Gasteiger partial charge is 0.324 e. The summed E-state index contributed by atoms with van der Waals surface area (Å²) in [6.45, 7) is 2.94. The third kappa shape index (κ3) is 2.75. The molecule has 3 rings (SSSR count). The van der Waals surface area contributed by atoms with Gasteiger partial charge in [-0.25, -0.2) is 4.79 Å². The van der Waals surface area contributed by atoms with Crippen molar-refractivity contribution in [3.8, 4) is 0 Å². The van der Waals surface area contributed by atoms with Crippen molar-refractivity contribution in [2.75, 3.05) is 5.32 Å². The van der Waals surface area contributed by atoms with Crippen molar-refractivity contribution in [3.63, 3.8) is 0 Å². The van der Waals surface area contributed by atoms with Gasteiger partial charge in [-0.05, 0) is 32.0 Å². The first-order valence-electron chi connectivity index (χ1n) is 7.84. The molecule has 2 aromatic heterocycles. The molecule has 0 saturated heterocycles. The standard InChI is InChI=1S/C16H18N6O4/c1-9-15(22(25)26)10(2)21(18-9)8-14(23)17-11-5-6-12-13(7-11)20(4)16(24)19(12)3/h5-7H,8H2,1-4H3,(H,17,23). The van der Waals surface area contributed by atoms with Gasteiger partial charge >= 0.3 is 11.4 Å². The van der Waals surface area contributed by atoms with Gasteiger partial charge in [0.05, 0.1) is 16.0 Å². The van der Waals surface area contributed by atoms with Crippen LogP contribution in [0.5, 0.6) is 0 Å². The predicted octanol–water partition coefficient (Wildman–Crippen LogP) is 1.24. The Labute approximate surface area is 147 Å². The second kappa shape index (κ2) is 6.14. The van der Waals surface area contributed by atoms with E-state index in [4.69, 9.17) is 0 Å². The van der Waals surface area contributed by atoms with Crippen LogP contribution >= 0.6 is 0 Å². The Hall–Kier alpha value is -3.43. The zero-order valence-electron chi connectivity index (χ0n) is 14.8. The third-order valence-electron chi connectivity index (χ3n) is 4.37. The average molecular weight is 358 g/mol. The monoisotopic (exact) mass is 358 g/mol. The number of benzene rings is 1. The quantitative estimate of drug-likeness (QED) is 0.556. The summed E-state index contributed by atoms with van der Waals surface area (Å²) >= 11 is 0. The lowest BCUT2D eigenvalue weighted by Crippen LogP contribution is -2.20. The van der Waals surface area contributed by atoms with Gasteiger partial charge < -0.3 is 5.32 Å². The molecule has 1 amide bonds. The highest BCUT2D eigenvalue weighted by molar-refractivity contribution is 5.93. The number of anilines is 1. The van der Waals surface area contributed by atoms with Crippen molar-refractivity contribution in [1.29, 1.82) is 0 Å². The van der Waals surface area contributed by atoms with Crippen LogP contribution < -0.4 is 11.0 Å². The molecular formula is C16H18N6O4. The summed E-state index contributed by atoms with van der Waals surface area (Å²) in [4.78, 5) is 34.8. The molecule has 1 aromatic carbocycles. The van der Waals surface area contributed by atoms with Gasteiger partial charge in [0.25, 0.3) is 0 Å². The lowest BCUT2D eigenvalue weighted by molar-refractivity contribution is -0.386. The van der Waals surface area contributed by atoms with Crippen LogP contribution in [0.1, 0.15) is 11.4 Å². The highest BCUT2D eigenvalue weighted by Crippen LogP contribution is 2.22. The Bertz CT molecular complexity index is 1100. The summed E-state index contributed by atoms with van der Waals surface area (Å²) in [5.74, 6) is -0.370. The van der Waals surface area contributed by atoms with Gasteiger partial charge in [-0.3, -0.25) is 28.7 Å².